The highest BCUT2D eigenvalue weighted by Gasteiger charge is 2.17. The van der Waals surface area contributed by atoms with Crippen LogP contribution in [0.1, 0.15) is 45.6 Å². The van der Waals surface area contributed by atoms with Gasteiger partial charge < -0.3 is 5.32 Å². The van der Waals surface area contributed by atoms with Gasteiger partial charge in [0, 0.05) is 17.7 Å². The molecular weight excluding hydrogens is 271 g/mol. The Kier molecular flexibility index (Phi) is 7.29. The van der Waals surface area contributed by atoms with Crippen LogP contribution in [0.5, 0.6) is 0 Å². The maximum Gasteiger partial charge on any atom is 0.272 e. The standard InChI is InChI=1S/C16H25FN2O2/c1-4-9-18-15(10-12(2)3)7-5-13-11-14(17)6-8-16(13)19(20)21/h6,8,11-12,15,18H,4-5,7,9-10H2,1-3H3. The van der Waals surface area contributed by atoms with Crippen LogP contribution in [0, 0.1) is 21.8 Å². The predicted molar refractivity (Wildman–Crippen MR) is 82.9 cm³/mol. The van der Waals surface area contributed by atoms with Gasteiger partial charge in [0.25, 0.3) is 5.69 Å². The Bertz CT molecular complexity index is 464. The number of nitrogens with one attached hydrogen (secondary N) is 1. The monoisotopic (exact) mass is 296 g/mol. The highest BCUT2D eigenvalue weighted by Crippen LogP contribution is 2.22. The predicted octanol–water partition coefficient (Wildman–Crippen LogP) is 4.08. The smallest absolute Gasteiger partial charge is 0.272 e. The van der Waals surface area contributed by atoms with E-state index >= 15 is 0 Å². The summed E-state index contributed by atoms with van der Waals surface area (Å²) < 4.78 is 13.3. The van der Waals surface area contributed by atoms with Gasteiger partial charge >= 0.3 is 0 Å². The quantitative estimate of drug-likeness (QED) is 0.552. The minimum absolute atomic E-state index is 0.00943. The number of rotatable bonds is 9. The molecule has 0 aliphatic heterocycles. The Morgan fingerprint density at radius 2 is 2.10 bits per heavy atom. The lowest BCUT2D eigenvalue weighted by Crippen LogP contribution is -2.31. The summed E-state index contributed by atoms with van der Waals surface area (Å²) in [6.07, 6.45) is 3.36. The molecule has 0 heterocycles. The van der Waals surface area contributed by atoms with Gasteiger partial charge in [0.15, 0.2) is 0 Å². The van der Waals surface area contributed by atoms with Crippen LogP contribution >= 0.6 is 0 Å². The molecule has 1 rings (SSSR count). The van der Waals surface area contributed by atoms with E-state index in [0.717, 1.165) is 31.9 Å². The summed E-state index contributed by atoms with van der Waals surface area (Å²) in [6, 6.07) is 3.99. The van der Waals surface area contributed by atoms with Crippen LogP contribution in [-0.4, -0.2) is 17.5 Å². The van der Waals surface area contributed by atoms with Crippen LogP contribution in [0.15, 0.2) is 18.2 Å². The minimum Gasteiger partial charge on any atom is -0.314 e. The van der Waals surface area contributed by atoms with Gasteiger partial charge in [0.05, 0.1) is 4.92 Å². The zero-order chi connectivity index (χ0) is 15.8. The average Bonchev–Trinajstić information content (AvgIpc) is 2.41. The van der Waals surface area contributed by atoms with Crippen molar-refractivity contribution >= 4 is 5.69 Å². The molecule has 1 aromatic carbocycles. The van der Waals surface area contributed by atoms with Crippen LogP contribution in [0.25, 0.3) is 0 Å². The van der Waals surface area contributed by atoms with E-state index < -0.39 is 10.7 Å². The Labute approximate surface area is 125 Å². The van der Waals surface area contributed by atoms with E-state index in [9.17, 15) is 14.5 Å². The molecular formula is C16H25FN2O2. The first-order valence-corrected chi connectivity index (χ1v) is 7.60. The van der Waals surface area contributed by atoms with Gasteiger partial charge in [-0.2, -0.15) is 0 Å². The lowest BCUT2D eigenvalue weighted by Gasteiger charge is -2.20. The summed E-state index contributed by atoms with van der Waals surface area (Å²) >= 11 is 0. The first kappa shape index (κ1) is 17.6. The molecule has 0 aliphatic rings. The van der Waals surface area contributed by atoms with Gasteiger partial charge in [-0.1, -0.05) is 20.8 Å². The van der Waals surface area contributed by atoms with Crippen molar-refractivity contribution in [3.05, 3.63) is 39.7 Å². The fourth-order valence-corrected chi connectivity index (χ4v) is 2.48. The molecule has 0 fully saturated rings. The average molecular weight is 296 g/mol. The molecule has 21 heavy (non-hydrogen) atoms. The van der Waals surface area contributed by atoms with Crippen molar-refractivity contribution in [2.75, 3.05) is 6.54 Å². The maximum absolute atomic E-state index is 13.3. The lowest BCUT2D eigenvalue weighted by atomic mass is 9.96. The Hall–Kier alpha value is -1.49. The van der Waals surface area contributed by atoms with Gasteiger partial charge in [0.2, 0.25) is 0 Å². The fraction of sp³-hybridized carbons (Fsp3) is 0.625. The normalized spacial score (nSPS) is 12.6. The van der Waals surface area contributed by atoms with Gasteiger partial charge in [-0.05, 0) is 50.3 Å². The second-order valence-electron chi connectivity index (χ2n) is 5.85. The summed E-state index contributed by atoms with van der Waals surface area (Å²) in [5.41, 5.74) is 0.488. The van der Waals surface area contributed by atoms with E-state index in [1.54, 1.807) is 0 Å². The largest absolute Gasteiger partial charge is 0.314 e. The molecule has 1 atom stereocenters. The number of nitrogens with zero attached hydrogens (tertiary/aromatic N) is 1. The second-order valence-corrected chi connectivity index (χ2v) is 5.85. The van der Waals surface area contributed by atoms with Crippen molar-refractivity contribution in [1.82, 2.24) is 5.32 Å². The lowest BCUT2D eigenvalue weighted by molar-refractivity contribution is -0.385. The zero-order valence-electron chi connectivity index (χ0n) is 13.1. The van der Waals surface area contributed by atoms with Crippen LogP contribution in [0.2, 0.25) is 0 Å². The minimum atomic E-state index is -0.439. The summed E-state index contributed by atoms with van der Waals surface area (Å²) in [6.45, 7) is 7.36. The number of nitro benzene ring substituents is 1. The first-order valence-electron chi connectivity index (χ1n) is 7.60. The SMILES string of the molecule is CCCNC(CCc1cc(F)ccc1[N+](=O)[O-])CC(C)C. The Morgan fingerprint density at radius 1 is 1.38 bits per heavy atom. The van der Waals surface area contributed by atoms with Gasteiger partial charge in [-0.15, -0.1) is 0 Å². The molecule has 1 N–H and O–H groups in total. The van der Waals surface area contributed by atoms with Crippen LogP contribution in [-0.2, 0) is 6.42 Å². The molecule has 1 aromatic rings. The molecule has 0 aliphatic carbocycles. The van der Waals surface area contributed by atoms with Gasteiger partial charge in [-0.25, -0.2) is 4.39 Å². The van der Waals surface area contributed by atoms with E-state index in [0.29, 0.717) is 23.9 Å². The van der Waals surface area contributed by atoms with Crippen molar-refractivity contribution in [3.8, 4) is 0 Å². The summed E-state index contributed by atoms with van der Waals surface area (Å²) in [5.74, 6) is 0.138. The van der Waals surface area contributed by atoms with Crippen LogP contribution < -0.4 is 5.32 Å². The van der Waals surface area contributed by atoms with Gasteiger partial charge in [-0.3, -0.25) is 10.1 Å². The number of hydrogen-bond donors (Lipinski definition) is 1. The fourth-order valence-electron chi connectivity index (χ4n) is 2.48. The van der Waals surface area contributed by atoms with Crippen LogP contribution in [0.3, 0.4) is 0 Å². The molecule has 0 saturated heterocycles. The molecule has 0 spiro atoms. The van der Waals surface area contributed by atoms with E-state index in [-0.39, 0.29) is 5.69 Å². The number of halogens is 1. The molecule has 118 valence electrons. The van der Waals surface area contributed by atoms with E-state index in [1.165, 1.54) is 12.1 Å². The molecule has 1 unspecified atom stereocenters. The van der Waals surface area contributed by atoms with Crippen molar-refractivity contribution in [3.63, 3.8) is 0 Å². The second kappa shape index (κ2) is 8.72. The molecule has 0 amide bonds. The summed E-state index contributed by atoms with van der Waals surface area (Å²) in [4.78, 5) is 10.6. The van der Waals surface area contributed by atoms with Crippen molar-refractivity contribution in [2.45, 2.75) is 52.5 Å². The highest BCUT2D eigenvalue weighted by molar-refractivity contribution is 5.40. The van der Waals surface area contributed by atoms with Crippen molar-refractivity contribution < 1.29 is 9.31 Å². The topological polar surface area (TPSA) is 55.2 Å². The maximum atomic E-state index is 13.3. The highest BCUT2D eigenvalue weighted by atomic mass is 19.1. The zero-order valence-corrected chi connectivity index (χ0v) is 13.1. The van der Waals surface area contributed by atoms with E-state index in [1.807, 2.05) is 0 Å². The van der Waals surface area contributed by atoms with Crippen molar-refractivity contribution in [2.24, 2.45) is 5.92 Å². The van der Waals surface area contributed by atoms with Crippen molar-refractivity contribution in [1.29, 1.82) is 0 Å². The van der Waals surface area contributed by atoms with Gasteiger partial charge in [0.1, 0.15) is 5.82 Å². The molecule has 0 aromatic heterocycles. The Morgan fingerprint density at radius 3 is 2.67 bits per heavy atom. The van der Waals surface area contributed by atoms with Crippen LogP contribution in [0.4, 0.5) is 10.1 Å². The number of hydrogen-bond acceptors (Lipinski definition) is 3. The third-order valence-electron chi connectivity index (χ3n) is 3.44. The molecule has 0 radical (unpaired) electrons. The van der Waals surface area contributed by atoms with E-state index in [2.05, 4.69) is 26.1 Å². The molecule has 4 nitrogen and oxygen atoms in total. The molecule has 5 heteroatoms. The third kappa shape index (κ3) is 6.21. The Balaban J connectivity index is 2.74. The summed E-state index contributed by atoms with van der Waals surface area (Å²) in [7, 11) is 0. The first-order chi connectivity index (χ1) is 9.93. The summed E-state index contributed by atoms with van der Waals surface area (Å²) in [5, 5.41) is 14.5. The third-order valence-corrected chi connectivity index (χ3v) is 3.44. The molecule has 0 bridgehead atoms. The number of aryl methyl sites for hydroxylation is 1. The molecule has 0 saturated carbocycles. The number of nitro groups is 1. The van der Waals surface area contributed by atoms with E-state index in [4.69, 9.17) is 0 Å². The number of benzene rings is 1.